The molecular formula is C14H26O4. The van der Waals surface area contributed by atoms with Gasteiger partial charge in [0.25, 0.3) is 0 Å². The second kappa shape index (κ2) is 6.53. The Hall–Kier alpha value is -0.610. The van der Waals surface area contributed by atoms with Crippen molar-refractivity contribution in [2.45, 2.75) is 59.2 Å². The fraction of sp³-hybridized carbons (Fsp3) is 0.929. The van der Waals surface area contributed by atoms with Crippen LogP contribution in [0.15, 0.2) is 0 Å². The fourth-order valence-corrected chi connectivity index (χ4v) is 2.85. The summed E-state index contributed by atoms with van der Waals surface area (Å²) < 4.78 is 5.28. The average Bonchev–Trinajstić information content (AvgIpc) is 2.30. The first kappa shape index (κ1) is 15.4. The van der Waals surface area contributed by atoms with Crippen molar-refractivity contribution in [3.05, 3.63) is 0 Å². The van der Waals surface area contributed by atoms with Gasteiger partial charge >= 0.3 is 5.97 Å². The molecule has 4 nitrogen and oxygen atoms in total. The minimum absolute atomic E-state index is 0.00870. The molecule has 0 bridgehead atoms. The van der Waals surface area contributed by atoms with Crippen LogP contribution in [0.5, 0.6) is 0 Å². The predicted molar refractivity (Wildman–Crippen MR) is 68.7 cm³/mol. The summed E-state index contributed by atoms with van der Waals surface area (Å²) in [5.74, 6) is 0.341. The minimum atomic E-state index is -1.35. The summed E-state index contributed by atoms with van der Waals surface area (Å²) in [4.78, 5) is 12.2. The Balaban J connectivity index is 2.76. The first-order chi connectivity index (χ1) is 8.40. The molecule has 1 aliphatic rings. The van der Waals surface area contributed by atoms with Crippen molar-refractivity contribution in [3.8, 4) is 0 Å². The summed E-state index contributed by atoms with van der Waals surface area (Å²) >= 11 is 0. The van der Waals surface area contributed by atoms with Crippen LogP contribution in [0, 0.1) is 17.3 Å². The molecule has 3 atom stereocenters. The summed E-state index contributed by atoms with van der Waals surface area (Å²) in [7, 11) is 0. The van der Waals surface area contributed by atoms with Crippen LogP contribution >= 0.6 is 0 Å². The Kier molecular flexibility index (Phi) is 5.60. The first-order valence-corrected chi connectivity index (χ1v) is 6.93. The molecule has 0 aromatic carbocycles. The Morgan fingerprint density at radius 1 is 1.50 bits per heavy atom. The molecule has 106 valence electrons. The van der Waals surface area contributed by atoms with E-state index in [2.05, 4.69) is 6.92 Å². The molecule has 0 spiro atoms. The Morgan fingerprint density at radius 3 is 2.72 bits per heavy atom. The number of carbonyl (C=O) groups excluding carboxylic acids is 1. The number of rotatable bonds is 5. The van der Waals surface area contributed by atoms with E-state index in [1.54, 1.807) is 0 Å². The van der Waals surface area contributed by atoms with E-state index in [9.17, 15) is 15.0 Å². The number of carbonyl (C=O) groups is 1. The van der Waals surface area contributed by atoms with Gasteiger partial charge in [-0.1, -0.05) is 13.8 Å². The maximum atomic E-state index is 12.2. The molecule has 0 aromatic rings. The van der Waals surface area contributed by atoms with Crippen LogP contribution < -0.4 is 0 Å². The summed E-state index contributed by atoms with van der Waals surface area (Å²) in [6.45, 7) is 6.46. The highest BCUT2D eigenvalue weighted by Gasteiger charge is 2.46. The highest BCUT2D eigenvalue weighted by molar-refractivity contribution is 5.77. The summed E-state index contributed by atoms with van der Waals surface area (Å²) in [6, 6.07) is 0. The molecule has 2 unspecified atom stereocenters. The average molecular weight is 258 g/mol. The quantitative estimate of drug-likeness (QED) is 0.585. The van der Waals surface area contributed by atoms with Gasteiger partial charge in [0.1, 0.15) is 0 Å². The maximum Gasteiger partial charge on any atom is 0.312 e. The van der Waals surface area contributed by atoms with Crippen LogP contribution in [0.2, 0.25) is 0 Å². The van der Waals surface area contributed by atoms with Crippen LogP contribution in [-0.4, -0.2) is 29.1 Å². The van der Waals surface area contributed by atoms with Gasteiger partial charge in [0.2, 0.25) is 0 Å². The van der Waals surface area contributed by atoms with Gasteiger partial charge in [-0.2, -0.15) is 0 Å². The van der Waals surface area contributed by atoms with Gasteiger partial charge in [0.05, 0.1) is 12.0 Å². The van der Waals surface area contributed by atoms with E-state index in [1.807, 2.05) is 13.8 Å². The second-order valence-electron chi connectivity index (χ2n) is 5.85. The number of esters is 1. The lowest BCUT2D eigenvalue weighted by Crippen LogP contribution is -2.43. The van der Waals surface area contributed by atoms with E-state index in [1.165, 1.54) is 0 Å². The zero-order valence-corrected chi connectivity index (χ0v) is 11.7. The zero-order chi connectivity index (χ0) is 13.8. The molecule has 0 amide bonds. The third-order valence-corrected chi connectivity index (χ3v) is 4.14. The van der Waals surface area contributed by atoms with E-state index in [4.69, 9.17) is 4.74 Å². The lowest BCUT2D eigenvalue weighted by atomic mass is 9.63. The highest BCUT2D eigenvalue weighted by Crippen LogP contribution is 2.46. The van der Waals surface area contributed by atoms with E-state index in [0.717, 1.165) is 25.7 Å². The lowest BCUT2D eigenvalue weighted by molar-refractivity contribution is -0.165. The molecule has 18 heavy (non-hydrogen) atoms. The van der Waals surface area contributed by atoms with Gasteiger partial charge in [-0.3, -0.25) is 4.79 Å². The van der Waals surface area contributed by atoms with Crippen molar-refractivity contribution in [2.75, 3.05) is 6.61 Å². The van der Waals surface area contributed by atoms with E-state index in [0.29, 0.717) is 12.5 Å². The number of ether oxygens (including phenoxy) is 1. The van der Waals surface area contributed by atoms with Gasteiger partial charge in [-0.05, 0) is 44.4 Å². The molecule has 0 heterocycles. The van der Waals surface area contributed by atoms with Crippen LogP contribution in [-0.2, 0) is 9.53 Å². The van der Waals surface area contributed by atoms with Crippen LogP contribution in [0.4, 0.5) is 0 Å². The number of hydrogen-bond donors (Lipinski definition) is 2. The molecule has 1 rings (SSSR count). The minimum Gasteiger partial charge on any atom is -0.465 e. The van der Waals surface area contributed by atoms with E-state index in [-0.39, 0.29) is 18.3 Å². The van der Waals surface area contributed by atoms with Gasteiger partial charge in [-0.15, -0.1) is 0 Å². The second-order valence-corrected chi connectivity index (χ2v) is 5.85. The monoisotopic (exact) mass is 258 g/mol. The van der Waals surface area contributed by atoms with Crippen LogP contribution in [0.3, 0.4) is 0 Å². The Morgan fingerprint density at radius 2 is 2.17 bits per heavy atom. The highest BCUT2D eigenvalue weighted by atomic mass is 16.5. The van der Waals surface area contributed by atoms with Gasteiger partial charge < -0.3 is 14.9 Å². The topological polar surface area (TPSA) is 66.8 Å². The largest absolute Gasteiger partial charge is 0.465 e. The van der Waals surface area contributed by atoms with Crippen LogP contribution in [0.1, 0.15) is 52.9 Å². The van der Waals surface area contributed by atoms with Crippen molar-refractivity contribution in [1.82, 2.24) is 0 Å². The number of aliphatic hydroxyl groups excluding tert-OH is 1. The molecule has 0 radical (unpaired) electrons. The normalized spacial score (nSPS) is 32.6. The SMILES string of the molecule is CCCOC(=O)C1(C)CC[C@H](C)CC1CC(O)O. The molecule has 0 saturated heterocycles. The van der Waals surface area contributed by atoms with Crippen molar-refractivity contribution < 1.29 is 19.7 Å². The van der Waals surface area contributed by atoms with Crippen LogP contribution in [0.25, 0.3) is 0 Å². The third kappa shape index (κ3) is 3.69. The molecule has 1 fully saturated rings. The van der Waals surface area contributed by atoms with Gasteiger partial charge in [0.15, 0.2) is 6.29 Å². The number of aliphatic hydroxyl groups is 2. The van der Waals surface area contributed by atoms with Crippen molar-refractivity contribution >= 4 is 5.97 Å². The Labute approximate surface area is 109 Å². The molecule has 4 heteroatoms. The van der Waals surface area contributed by atoms with Crippen molar-refractivity contribution in [2.24, 2.45) is 17.3 Å². The van der Waals surface area contributed by atoms with E-state index < -0.39 is 11.7 Å². The third-order valence-electron chi connectivity index (χ3n) is 4.14. The predicted octanol–water partition coefficient (Wildman–Crippen LogP) is 2.08. The standard InChI is InChI=1S/C14H26O4/c1-4-7-18-13(17)14(3)6-5-10(2)8-11(14)9-12(15)16/h10-12,15-16H,4-9H2,1-3H3/t10-,11?,14?/m0/s1. The van der Waals surface area contributed by atoms with Gasteiger partial charge in [0, 0.05) is 6.42 Å². The van der Waals surface area contributed by atoms with Gasteiger partial charge in [-0.25, -0.2) is 0 Å². The molecule has 1 aliphatic carbocycles. The smallest absolute Gasteiger partial charge is 0.312 e. The maximum absolute atomic E-state index is 12.2. The summed E-state index contributed by atoms with van der Waals surface area (Å²) in [5, 5.41) is 18.4. The molecule has 2 N–H and O–H groups in total. The molecule has 0 aromatic heterocycles. The molecule has 0 aliphatic heterocycles. The lowest BCUT2D eigenvalue weighted by Gasteiger charge is -2.42. The first-order valence-electron chi connectivity index (χ1n) is 6.93. The molecule has 1 saturated carbocycles. The van der Waals surface area contributed by atoms with Crippen molar-refractivity contribution in [1.29, 1.82) is 0 Å². The fourth-order valence-electron chi connectivity index (χ4n) is 2.85. The summed E-state index contributed by atoms with van der Waals surface area (Å²) in [5.41, 5.74) is -0.564. The van der Waals surface area contributed by atoms with Crippen molar-refractivity contribution in [3.63, 3.8) is 0 Å². The summed E-state index contributed by atoms with van der Waals surface area (Å²) in [6.07, 6.45) is 2.34. The van der Waals surface area contributed by atoms with E-state index >= 15 is 0 Å². The Bertz CT molecular complexity index is 275. The number of hydrogen-bond acceptors (Lipinski definition) is 4. The zero-order valence-electron chi connectivity index (χ0n) is 11.7. The molecular weight excluding hydrogens is 232 g/mol.